The van der Waals surface area contributed by atoms with E-state index < -0.39 is 0 Å². The molecule has 0 spiro atoms. The molecule has 24 heavy (non-hydrogen) atoms. The number of carbonyl (C=O) groups excluding carboxylic acids is 1. The molecule has 2 fully saturated rings. The van der Waals surface area contributed by atoms with Crippen molar-refractivity contribution in [1.29, 1.82) is 0 Å². The van der Waals surface area contributed by atoms with E-state index in [0.29, 0.717) is 18.0 Å². The first-order valence-electron chi connectivity index (χ1n) is 8.47. The Kier molecular flexibility index (Phi) is 4.02. The highest BCUT2D eigenvalue weighted by atomic mass is 16.5. The summed E-state index contributed by atoms with van der Waals surface area (Å²) in [4.78, 5) is 20.8. The molecule has 3 heterocycles. The van der Waals surface area contributed by atoms with E-state index in [-0.39, 0.29) is 18.1 Å². The SMILES string of the molecule is Cc1cnccc1C(=O)NC[C@H]1CC[C@@H](c2nc(C3CC3)n[nH]2)O1. The van der Waals surface area contributed by atoms with Gasteiger partial charge in [-0.1, -0.05) is 0 Å². The Balaban J connectivity index is 1.30. The summed E-state index contributed by atoms with van der Waals surface area (Å²) in [6, 6.07) is 1.73. The van der Waals surface area contributed by atoms with Gasteiger partial charge in [0.1, 0.15) is 6.10 Å². The number of rotatable bonds is 5. The van der Waals surface area contributed by atoms with Crippen LogP contribution in [0.3, 0.4) is 0 Å². The number of ether oxygens (including phenoxy) is 1. The van der Waals surface area contributed by atoms with Crippen LogP contribution in [0.5, 0.6) is 0 Å². The second kappa shape index (κ2) is 6.32. The molecule has 1 aliphatic carbocycles. The molecular formula is C17H21N5O2. The fourth-order valence-electron chi connectivity index (χ4n) is 3.04. The molecule has 1 amide bonds. The molecule has 2 aromatic heterocycles. The van der Waals surface area contributed by atoms with Crippen molar-refractivity contribution in [1.82, 2.24) is 25.5 Å². The molecule has 126 valence electrons. The van der Waals surface area contributed by atoms with Crippen molar-refractivity contribution in [3.63, 3.8) is 0 Å². The first-order valence-corrected chi connectivity index (χ1v) is 8.47. The van der Waals surface area contributed by atoms with Gasteiger partial charge in [-0.2, -0.15) is 5.10 Å². The van der Waals surface area contributed by atoms with Crippen molar-refractivity contribution < 1.29 is 9.53 Å². The summed E-state index contributed by atoms with van der Waals surface area (Å²) in [5.41, 5.74) is 1.53. The number of aryl methyl sites for hydroxylation is 1. The zero-order valence-electron chi connectivity index (χ0n) is 13.7. The average molecular weight is 327 g/mol. The van der Waals surface area contributed by atoms with Crippen LogP contribution in [0.2, 0.25) is 0 Å². The summed E-state index contributed by atoms with van der Waals surface area (Å²) < 4.78 is 6.02. The monoisotopic (exact) mass is 327 g/mol. The Bertz CT molecular complexity index is 740. The van der Waals surface area contributed by atoms with Gasteiger partial charge in [0.05, 0.1) is 6.10 Å². The maximum absolute atomic E-state index is 12.2. The minimum atomic E-state index is -0.0855. The van der Waals surface area contributed by atoms with Crippen molar-refractivity contribution in [2.24, 2.45) is 0 Å². The lowest BCUT2D eigenvalue weighted by Gasteiger charge is -2.13. The van der Waals surface area contributed by atoms with Crippen molar-refractivity contribution in [3.05, 3.63) is 41.2 Å². The summed E-state index contributed by atoms with van der Waals surface area (Å²) in [6.07, 6.45) is 7.46. The Hall–Kier alpha value is -2.28. The van der Waals surface area contributed by atoms with E-state index in [4.69, 9.17) is 4.74 Å². The van der Waals surface area contributed by atoms with Crippen LogP contribution in [0.1, 0.15) is 65.3 Å². The predicted octanol–water partition coefficient (Wildman–Crippen LogP) is 2.04. The topological polar surface area (TPSA) is 92.8 Å². The van der Waals surface area contributed by atoms with Gasteiger partial charge in [0.15, 0.2) is 11.6 Å². The van der Waals surface area contributed by atoms with E-state index >= 15 is 0 Å². The number of carbonyl (C=O) groups is 1. The molecule has 2 N–H and O–H groups in total. The maximum Gasteiger partial charge on any atom is 0.251 e. The lowest BCUT2D eigenvalue weighted by Crippen LogP contribution is -2.32. The second-order valence-corrected chi connectivity index (χ2v) is 6.58. The molecule has 2 aliphatic rings. The van der Waals surface area contributed by atoms with Gasteiger partial charge in [0.2, 0.25) is 0 Å². The molecule has 2 aromatic rings. The number of hydrogen-bond acceptors (Lipinski definition) is 5. The van der Waals surface area contributed by atoms with Gasteiger partial charge in [0.25, 0.3) is 5.91 Å². The van der Waals surface area contributed by atoms with Crippen LogP contribution in [-0.4, -0.2) is 38.7 Å². The van der Waals surface area contributed by atoms with Gasteiger partial charge in [-0.15, -0.1) is 0 Å². The highest BCUT2D eigenvalue weighted by molar-refractivity contribution is 5.95. The molecule has 1 saturated carbocycles. The number of nitrogens with zero attached hydrogens (tertiary/aromatic N) is 3. The third kappa shape index (κ3) is 3.17. The van der Waals surface area contributed by atoms with E-state index in [1.54, 1.807) is 18.5 Å². The first-order chi connectivity index (χ1) is 11.7. The van der Waals surface area contributed by atoms with E-state index in [0.717, 1.165) is 30.1 Å². The highest BCUT2D eigenvalue weighted by Gasteiger charge is 2.32. The molecule has 4 rings (SSSR count). The largest absolute Gasteiger partial charge is 0.365 e. The van der Waals surface area contributed by atoms with E-state index in [1.165, 1.54) is 12.8 Å². The molecule has 1 saturated heterocycles. The van der Waals surface area contributed by atoms with Crippen molar-refractivity contribution >= 4 is 5.91 Å². The molecule has 0 aromatic carbocycles. The molecule has 0 unspecified atom stereocenters. The van der Waals surface area contributed by atoms with Crippen LogP contribution in [0.15, 0.2) is 18.5 Å². The van der Waals surface area contributed by atoms with Crippen LogP contribution >= 0.6 is 0 Å². The van der Waals surface area contributed by atoms with Gasteiger partial charge in [-0.3, -0.25) is 14.9 Å². The number of pyridine rings is 1. The van der Waals surface area contributed by atoms with Gasteiger partial charge >= 0.3 is 0 Å². The fourth-order valence-corrected chi connectivity index (χ4v) is 3.04. The zero-order valence-corrected chi connectivity index (χ0v) is 13.7. The summed E-state index contributed by atoms with van der Waals surface area (Å²) in [7, 11) is 0. The number of H-pyrrole nitrogens is 1. The summed E-state index contributed by atoms with van der Waals surface area (Å²) in [5.74, 6) is 2.18. The molecule has 2 atom stereocenters. The zero-order chi connectivity index (χ0) is 16.5. The summed E-state index contributed by atoms with van der Waals surface area (Å²) >= 11 is 0. The van der Waals surface area contributed by atoms with E-state index in [9.17, 15) is 4.79 Å². The van der Waals surface area contributed by atoms with Gasteiger partial charge in [-0.05, 0) is 44.2 Å². The molecule has 7 heteroatoms. The lowest BCUT2D eigenvalue weighted by molar-refractivity contribution is 0.0392. The molecule has 0 bridgehead atoms. The third-order valence-electron chi connectivity index (χ3n) is 4.63. The Morgan fingerprint density at radius 3 is 3.04 bits per heavy atom. The van der Waals surface area contributed by atoms with Crippen molar-refractivity contribution in [3.8, 4) is 0 Å². The second-order valence-electron chi connectivity index (χ2n) is 6.58. The number of amides is 1. The minimum absolute atomic E-state index is 0.00979. The minimum Gasteiger partial charge on any atom is -0.365 e. The van der Waals surface area contributed by atoms with Gasteiger partial charge in [-0.25, -0.2) is 4.98 Å². The molecule has 7 nitrogen and oxygen atoms in total. The van der Waals surface area contributed by atoms with Crippen LogP contribution in [0, 0.1) is 6.92 Å². The smallest absolute Gasteiger partial charge is 0.251 e. The predicted molar refractivity (Wildman–Crippen MR) is 86.5 cm³/mol. The average Bonchev–Trinajstić information content (AvgIpc) is 3.13. The van der Waals surface area contributed by atoms with Crippen LogP contribution in [0.25, 0.3) is 0 Å². The third-order valence-corrected chi connectivity index (χ3v) is 4.63. The van der Waals surface area contributed by atoms with Gasteiger partial charge < -0.3 is 10.1 Å². The van der Waals surface area contributed by atoms with Crippen LogP contribution in [0.4, 0.5) is 0 Å². The Labute approximate surface area is 140 Å². The number of hydrogen-bond donors (Lipinski definition) is 2. The van der Waals surface area contributed by atoms with Crippen LogP contribution < -0.4 is 5.32 Å². The van der Waals surface area contributed by atoms with Crippen molar-refractivity contribution in [2.45, 2.75) is 50.7 Å². The first kappa shape index (κ1) is 15.3. The summed E-state index contributed by atoms with van der Waals surface area (Å²) in [5, 5.41) is 10.2. The number of aromatic nitrogens is 4. The molecular weight excluding hydrogens is 306 g/mol. The highest BCUT2D eigenvalue weighted by Crippen LogP contribution is 2.39. The molecule has 1 aliphatic heterocycles. The number of aromatic amines is 1. The van der Waals surface area contributed by atoms with Crippen molar-refractivity contribution in [2.75, 3.05) is 6.54 Å². The lowest BCUT2D eigenvalue weighted by atomic mass is 10.1. The fraction of sp³-hybridized carbons (Fsp3) is 0.529. The Morgan fingerprint density at radius 1 is 1.38 bits per heavy atom. The van der Waals surface area contributed by atoms with Gasteiger partial charge in [0, 0.05) is 30.4 Å². The quantitative estimate of drug-likeness (QED) is 0.876. The normalized spacial score (nSPS) is 23.4. The van der Waals surface area contributed by atoms with E-state index in [2.05, 4.69) is 25.5 Å². The van der Waals surface area contributed by atoms with Crippen LogP contribution in [-0.2, 0) is 4.74 Å². The maximum atomic E-state index is 12.2. The Morgan fingerprint density at radius 2 is 2.25 bits per heavy atom. The molecule has 0 radical (unpaired) electrons. The van der Waals surface area contributed by atoms with E-state index in [1.807, 2.05) is 6.92 Å². The standard InChI is InChI=1S/C17H21N5O2/c1-10-8-18-7-6-13(10)17(23)19-9-12-4-5-14(24-12)16-20-15(21-22-16)11-2-3-11/h6-8,11-12,14H,2-5,9H2,1H3,(H,19,23)(H,20,21,22)/t12-,14+/m1/s1. The summed E-state index contributed by atoms with van der Waals surface area (Å²) in [6.45, 7) is 2.38. The number of nitrogens with one attached hydrogen (secondary N) is 2.